The smallest absolute Gasteiger partial charge is 0.356 e. The van der Waals surface area contributed by atoms with Gasteiger partial charge in [-0.25, -0.2) is 19.6 Å². The van der Waals surface area contributed by atoms with Gasteiger partial charge in [-0.2, -0.15) is 0 Å². The van der Waals surface area contributed by atoms with E-state index in [1.54, 1.807) is 6.07 Å². The number of hydrogen-bond acceptors (Lipinski definition) is 8. The molecule has 2 aromatic carbocycles. The van der Waals surface area contributed by atoms with Crippen molar-refractivity contribution in [2.24, 2.45) is 0 Å². The number of imidazole rings is 1. The average molecular weight is 580 g/mol. The van der Waals surface area contributed by atoms with Crippen LogP contribution in [0.5, 0.6) is 11.5 Å². The zero-order valence-corrected chi connectivity index (χ0v) is 24.1. The number of hydrogen-bond donors (Lipinski definition) is 0. The maximum atomic E-state index is 12.1. The lowest BCUT2D eigenvalue weighted by atomic mass is 9.88. The largest absolute Gasteiger partial charge is 0.485 e. The molecule has 10 heteroatoms. The lowest BCUT2D eigenvalue weighted by molar-refractivity contribution is -0.0593. The molecule has 0 aliphatic carbocycles. The highest BCUT2D eigenvalue weighted by Crippen LogP contribution is 2.44. The summed E-state index contributed by atoms with van der Waals surface area (Å²) in [6, 6.07) is 17.2. The molecule has 0 bridgehead atoms. The number of carbonyl (C=O) groups excluding carboxylic acids is 1. The number of likely N-dealkylation sites (tertiary alicyclic amines) is 1. The van der Waals surface area contributed by atoms with Crippen LogP contribution in [0.25, 0.3) is 16.0 Å². The van der Waals surface area contributed by atoms with E-state index in [0.717, 1.165) is 67.4 Å². The molecular weight excluding hydrogens is 546 g/mol. The molecule has 0 unspecified atom stereocenters. The number of methoxy groups -OCH3 is 1. The minimum Gasteiger partial charge on any atom is -0.485 e. The molecule has 3 aliphatic heterocycles. The Kier molecular flexibility index (Phi) is 7.43. The number of ether oxygens (including phenoxy) is 4. The summed E-state index contributed by atoms with van der Waals surface area (Å²) in [5.74, 6) is 2.47. The van der Waals surface area contributed by atoms with Crippen molar-refractivity contribution in [3.05, 3.63) is 88.7 Å². The minimum atomic E-state index is -0.457. The van der Waals surface area contributed by atoms with Crippen molar-refractivity contribution in [1.82, 2.24) is 19.4 Å². The summed E-state index contributed by atoms with van der Waals surface area (Å²) in [6.45, 7) is 11.6. The highest BCUT2D eigenvalue weighted by Gasteiger charge is 2.30. The summed E-state index contributed by atoms with van der Waals surface area (Å²) in [5.41, 5.74) is 4.56. The predicted molar refractivity (Wildman–Crippen MR) is 158 cm³/mol. The average Bonchev–Trinajstić information content (AvgIpc) is 3.37. The first-order valence-electron chi connectivity index (χ1n) is 14.8. The van der Waals surface area contributed by atoms with Gasteiger partial charge >= 0.3 is 5.97 Å². The third kappa shape index (κ3) is 5.42. The molecule has 0 saturated carbocycles. The summed E-state index contributed by atoms with van der Waals surface area (Å²) in [4.78, 5) is 27.6. The van der Waals surface area contributed by atoms with Gasteiger partial charge in [0.05, 0.1) is 32.9 Å². The quantitative estimate of drug-likeness (QED) is 0.211. The van der Waals surface area contributed by atoms with Crippen LogP contribution >= 0.6 is 0 Å². The number of pyridine rings is 1. The van der Waals surface area contributed by atoms with E-state index < -0.39 is 5.97 Å². The molecule has 10 nitrogen and oxygen atoms in total. The Bertz CT molecular complexity index is 1680. The zero-order valence-electron chi connectivity index (χ0n) is 24.1. The number of piperidine rings is 1. The fourth-order valence-corrected chi connectivity index (χ4v) is 6.19. The van der Waals surface area contributed by atoms with E-state index in [-0.39, 0.29) is 17.9 Å². The molecule has 2 saturated heterocycles. The third-order valence-electron chi connectivity index (χ3n) is 8.69. The Labute approximate surface area is 250 Å². The van der Waals surface area contributed by atoms with Crippen molar-refractivity contribution >= 4 is 22.8 Å². The first kappa shape index (κ1) is 27.4. The van der Waals surface area contributed by atoms with Gasteiger partial charge in [0, 0.05) is 12.2 Å². The molecule has 2 atom stereocenters. The second-order valence-corrected chi connectivity index (χ2v) is 11.3. The van der Waals surface area contributed by atoms with Gasteiger partial charge in [0.25, 0.3) is 0 Å². The Morgan fingerprint density at radius 2 is 1.88 bits per heavy atom. The van der Waals surface area contributed by atoms with E-state index in [0.29, 0.717) is 36.9 Å². The highest BCUT2D eigenvalue weighted by atomic mass is 16.6. The maximum Gasteiger partial charge on any atom is 0.356 e. The number of rotatable bonds is 7. The van der Waals surface area contributed by atoms with E-state index in [9.17, 15) is 4.79 Å². The van der Waals surface area contributed by atoms with E-state index in [4.69, 9.17) is 30.5 Å². The van der Waals surface area contributed by atoms with Gasteiger partial charge < -0.3 is 23.5 Å². The summed E-state index contributed by atoms with van der Waals surface area (Å²) >= 11 is 0. The van der Waals surface area contributed by atoms with E-state index in [1.165, 1.54) is 12.7 Å². The third-order valence-corrected chi connectivity index (χ3v) is 8.69. The SMILES string of the molecule is [C-]#[N+]c1ccc([C@@H]2COc3c(cccc3C3CCN(Cc4nc5ccc(C(=O)OC)nc5n4C[C@@H]4CCO4)CC3)O2)cc1. The monoisotopic (exact) mass is 579 g/mol. The van der Waals surface area contributed by atoms with Crippen LogP contribution in [-0.4, -0.2) is 64.9 Å². The second kappa shape index (κ2) is 11.7. The number of benzene rings is 2. The summed E-state index contributed by atoms with van der Waals surface area (Å²) in [5, 5.41) is 0. The second-order valence-electron chi connectivity index (χ2n) is 11.3. The Balaban J connectivity index is 1.05. The van der Waals surface area contributed by atoms with Crippen LogP contribution in [-0.2, 0) is 22.6 Å². The first-order chi connectivity index (χ1) is 21.1. The van der Waals surface area contributed by atoms with Gasteiger partial charge in [-0.15, -0.1) is 0 Å². The van der Waals surface area contributed by atoms with Crippen LogP contribution in [0, 0.1) is 6.57 Å². The first-order valence-corrected chi connectivity index (χ1v) is 14.8. The summed E-state index contributed by atoms with van der Waals surface area (Å²) in [6.07, 6.45) is 2.93. The van der Waals surface area contributed by atoms with Gasteiger partial charge in [0.2, 0.25) is 0 Å². The van der Waals surface area contributed by atoms with E-state index in [1.807, 2.05) is 36.4 Å². The van der Waals surface area contributed by atoms with Crippen molar-refractivity contribution in [1.29, 1.82) is 0 Å². The van der Waals surface area contributed by atoms with Gasteiger partial charge in [0.15, 0.2) is 34.6 Å². The number of fused-ring (bicyclic) bond motifs is 2. The molecule has 5 heterocycles. The summed E-state index contributed by atoms with van der Waals surface area (Å²) < 4.78 is 25.4. The van der Waals surface area contributed by atoms with Gasteiger partial charge in [0.1, 0.15) is 17.9 Å². The molecule has 7 rings (SSSR count). The Hall–Kier alpha value is -4.46. The zero-order chi connectivity index (χ0) is 29.3. The Morgan fingerprint density at radius 3 is 2.60 bits per heavy atom. The van der Waals surface area contributed by atoms with E-state index in [2.05, 4.69) is 31.4 Å². The fourth-order valence-electron chi connectivity index (χ4n) is 6.19. The molecule has 43 heavy (non-hydrogen) atoms. The number of carbonyl (C=O) groups is 1. The standard InChI is InChI=1S/C33H33N5O5/c1-34-23-8-6-22(7-9-23)29-20-42-31-25(4-3-5-28(31)43-29)21-12-15-37(16-13-21)19-30-35-26-10-11-27(33(39)40-2)36-32(26)38(30)18-24-14-17-41-24/h3-11,21,24,29H,12-20H2,2H3/t24-,29-/m0/s1. The van der Waals surface area contributed by atoms with Crippen molar-refractivity contribution in [3.8, 4) is 11.5 Å². The maximum absolute atomic E-state index is 12.1. The number of nitrogens with zero attached hydrogens (tertiary/aromatic N) is 5. The summed E-state index contributed by atoms with van der Waals surface area (Å²) in [7, 11) is 1.36. The predicted octanol–water partition coefficient (Wildman–Crippen LogP) is 5.45. The van der Waals surface area contributed by atoms with Crippen LogP contribution in [0.2, 0.25) is 0 Å². The van der Waals surface area contributed by atoms with Gasteiger partial charge in [-0.05, 0) is 62.0 Å². The molecule has 220 valence electrons. The van der Waals surface area contributed by atoms with Crippen LogP contribution < -0.4 is 9.47 Å². The molecule has 3 aliphatic rings. The van der Waals surface area contributed by atoms with Crippen LogP contribution in [0.4, 0.5) is 5.69 Å². The van der Waals surface area contributed by atoms with E-state index >= 15 is 0 Å². The highest BCUT2D eigenvalue weighted by molar-refractivity contribution is 5.89. The molecule has 2 fully saturated rings. The molecule has 0 N–H and O–H groups in total. The molecule has 0 amide bonds. The molecule has 4 aromatic rings. The van der Waals surface area contributed by atoms with Crippen molar-refractivity contribution < 1.29 is 23.7 Å². The molecule has 0 radical (unpaired) electrons. The van der Waals surface area contributed by atoms with Crippen LogP contribution in [0.15, 0.2) is 54.6 Å². The molecule has 0 spiro atoms. The van der Waals surface area contributed by atoms with Crippen molar-refractivity contribution in [2.45, 2.75) is 50.5 Å². The van der Waals surface area contributed by atoms with Gasteiger partial charge in [-0.3, -0.25) is 4.90 Å². The normalized spacial score (nSPS) is 20.4. The molecular formula is C33H33N5O5. The topological polar surface area (TPSA) is 92.3 Å². The lowest BCUT2D eigenvalue weighted by Gasteiger charge is -2.35. The van der Waals surface area contributed by atoms with Gasteiger partial charge in [-0.1, -0.05) is 36.4 Å². The minimum absolute atomic E-state index is 0.134. The lowest BCUT2D eigenvalue weighted by Crippen LogP contribution is -2.35. The van der Waals surface area contributed by atoms with Crippen LogP contribution in [0.1, 0.15) is 58.7 Å². The van der Waals surface area contributed by atoms with Crippen LogP contribution in [0.3, 0.4) is 0 Å². The van der Waals surface area contributed by atoms with Crippen molar-refractivity contribution in [3.63, 3.8) is 0 Å². The molecule has 2 aromatic heterocycles. The Morgan fingerprint density at radius 1 is 1.07 bits per heavy atom. The number of aromatic nitrogens is 3. The number of para-hydroxylation sites is 1. The number of esters is 1. The fraction of sp³-hybridized carbons (Fsp3) is 0.394. The van der Waals surface area contributed by atoms with Crippen molar-refractivity contribution in [2.75, 3.05) is 33.4 Å².